The quantitative estimate of drug-likeness (QED) is 0.839. The Morgan fingerprint density at radius 2 is 1.50 bits per heavy atom. The van der Waals surface area contributed by atoms with Crippen LogP contribution in [0.25, 0.3) is 11.1 Å². The third kappa shape index (κ3) is 2.79. The fourth-order valence-electron chi connectivity index (χ4n) is 1.72. The van der Waals surface area contributed by atoms with Gasteiger partial charge in [0.15, 0.2) is 0 Å². The standard InChI is InChI=1S/C14H8F4O2/c15-12-7-9(3-6-11(12)13(19)20)8-1-4-10(5-2-8)14(16,17)18/h1-7H,(H,19,20). The summed E-state index contributed by atoms with van der Waals surface area (Å²) in [5.41, 5.74) is -0.611. The summed E-state index contributed by atoms with van der Waals surface area (Å²) >= 11 is 0. The lowest BCUT2D eigenvalue weighted by Gasteiger charge is -2.08. The molecular formula is C14H8F4O2. The van der Waals surface area contributed by atoms with Gasteiger partial charge in [-0.1, -0.05) is 18.2 Å². The van der Waals surface area contributed by atoms with Gasteiger partial charge in [-0.25, -0.2) is 9.18 Å². The second-order valence-corrected chi connectivity index (χ2v) is 4.07. The molecule has 20 heavy (non-hydrogen) atoms. The number of aromatic carboxylic acids is 1. The van der Waals surface area contributed by atoms with E-state index in [1.807, 2.05) is 0 Å². The van der Waals surface area contributed by atoms with Crippen LogP contribution in [0.4, 0.5) is 17.6 Å². The van der Waals surface area contributed by atoms with Gasteiger partial charge >= 0.3 is 12.1 Å². The van der Waals surface area contributed by atoms with Crippen LogP contribution >= 0.6 is 0 Å². The normalized spacial score (nSPS) is 11.4. The molecule has 2 rings (SSSR count). The summed E-state index contributed by atoms with van der Waals surface area (Å²) in [4.78, 5) is 10.7. The van der Waals surface area contributed by atoms with Gasteiger partial charge in [0.1, 0.15) is 5.82 Å². The zero-order valence-electron chi connectivity index (χ0n) is 9.91. The molecule has 0 saturated heterocycles. The number of benzene rings is 2. The molecule has 0 atom stereocenters. The van der Waals surface area contributed by atoms with E-state index in [0.717, 1.165) is 24.3 Å². The fourth-order valence-corrected chi connectivity index (χ4v) is 1.72. The molecule has 2 aromatic carbocycles. The van der Waals surface area contributed by atoms with E-state index in [2.05, 4.69) is 0 Å². The number of alkyl halides is 3. The number of hydrogen-bond acceptors (Lipinski definition) is 1. The highest BCUT2D eigenvalue weighted by Crippen LogP contribution is 2.31. The van der Waals surface area contributed by atoms with E-state index in [9.17, 15) is 22.4 Å². The van der Waals surface area contributed by atoms with Crippen molar-refractivity contribution in [3.8, 4) is 11.1 Å². The van der Waals surface area contributed by atoms with Crippen molar-refractivity contribution < 1.29 is 27.5 Å². The minimum absolute atomic E-state index is 0.307. The number of carboxylic acids is 1. The smallest absolute Gasteiger partial charge is 0.416 e. The second kappa shape index (κ2) is 4.96. The second-order valence-electron chi connectivity index (χ2n) is 4.07. The van der Waals surface area contributed by atoms with Crippen molar-refractivity contribution >= 4 is 5.97 Å². The molecule has 1 N–H and O–H groups in total. The van der Waals surface area contributed by atoms with Gasteiger partial charge in [-0.2, -0.15) is 13.2 Å². The summed E-state index contributed by atoms with van der Waals surface area (Å²) in [5, 5.41) is 8.69. The largest absolute Gasteiger partial charge is 0.478 e. The highest BCUT2D eigenvalue weighted by Gasteiger charge is 2.29. The first-order valence-electron chi connectivity index (χ1n) is 5.49. The minimum atomic E-state index is -4.43. The number of rotatable bonds is 2. The predicted octanol–water partition coefficient (Wildman–Crippen LogP) is 4.21. The molecule has 0 bridgehead atoms. The summed E-state index contributed by atoms with van der Waals surface area (Å²) in [7, 11) is 0. The number of carbonyl (C=O) groups is 1. The van der Waals surface area contributed by atoms with Crippen LogP contribution in [0.5, 0.6) is 0 Å². The SMILES string of the molecule is O=C(O)c1ccc(-c2ccc(C(F)(F)F)cc2)cc1F. The minimum Gasteiger partial charge on any atom is -0.478 e. The maximum atomic E-state index is 13.5. The Morgan fingerprint density at radius 1 is 0.950 bits per heavy atom. The number of halogens is 4. The highest BCUT2D eigenvalue weighted by atomic mass is 19.4. The van der Waals surface area contributed by atoms with Gasteiger partial charge in [0.25, 0.3) is 0 Å². The third-order valence-electron chi connectivity index (χ3n) is 2.75. The van der Waals surface area contributed by atoms with Crippen molar-refractivity contribution in [3.05, 3.63) is 59.4 Å². The van der Waals surface area contributed by atoms with E-state index in [-0.39, 0.29) is 0 Å². The average molecular weight is 284 g/mol. The molecule has 2 nitrogen and oxygen atoms in total. The first kappa shape index (κ1) is 14.0. The number of hydrogen-bond donors (Lipinski definition) is 1. The van der Waals surface area contributed by atoms with Crippen LogP contribution in [-0.2, 0) is 6.18 Å². The first-order chi connectivity index (χ1) is 9.29. The average Bonchev–Trinajstić information content (AvgIpc) is 2.37. The van der Waals surface area contributed by atoms with E-state index in [1.54, 1.807) is 0 Å². The van der Waals surface area contributed by atoms with Crippen LogP contribution in [0.1, 0.15) is 15.9 Å². The molecule has 0 radical (unpaired) electrons. The molecule has 0 unspecified atom stereocenters. The van der Waals surface area contributed by atoms with E-state index in [1.165, 1.54) is 18.2 Å². The van der Waals surface area contributed by atoms with Crippen LogP contribution < -0.4 is 0 Å². The Balaban J connectivity index is 2.37. The van der Waals surface area contributed by atoms with Gasteiger partial charge < -0.3 is 5.11 Å². The molecule has 2 aromatic rings. The Labute approximate surface area is 111 Å². The third-order valence-corrected chi connectivity index (χ3v) is 2.75. The molecule has 0 aliphatic rings. The van der Waals surface area contributed by atoms with Crippen LogP contribution in [0.3, 0.4) is 0 Å². The summed E-state index contributed by atoms with van der Waals surface area (Å²) in [5.74, 6) is -2.34. The summed E-state index contributed by atoms with van der Waals surface area (Å²) in [6, 6.07) is 7.58. The monoisotopic (exact) mass is 284 g/mol. The van der Waals surface area contributed by atoms with Gasteiger partial charge in [-0.05, 0) is 35.4 Å². The lowest BCUT2D eigenvalue weighted by Crippen LogP contribution is -2.04. The van der Waals surface area contributed by atoms with Crippen LogP contribution in [-0.4, -0.2) is 11.1 Å². The van der Waals surface area contributed by atoms with Crippen molar-refractivity contribution in [1.29, 1.82) is 0 Å². The highest BCUT2D eigenvalue weighted by molar-refractivity contribution is 5.88. The summed E-state index contributed by atoms with van der Waals surface area (Å²) in [6.07, 6.45) is -4.43. The van der Waals surface area contributed by atoms with E-state index < -0.39 is 29.1 Å². The molecule has 0 aliphatic heterocycles. The lowest BCUT2D eigenvalue weighted by atomic mass is 10.0. The van der Waals surface area contributed by atoms with Crippen molar-refractivity contribution in [2.75, 3.05) is 0 Å². The molecule has 0 aliphatic carbocycles. The molecule has 0 amide bonds. The van der Waals surface area contributed by atoms with E-state index in [0.29, 0.717) is 11.1 Å². The van der Waals surface area contributed by atoms with Crippen LogP contribution in [0.15, 0.2) is 42.5 Å². The van der Waals surface area contributed by atoms with Crippen molar-refractivity contribution in [2.45, 2.75) is 6.18 Å². The zero-order chi connectivity index (χ0) is 14.9. The van der Waals surface area contributed by atoms with Crippen LogP contribution in [0, 0.1) is 5.82 Å². The molecule has 104 valence electrons. The Kier molecular flexibility index (Phi) is 3.48. The molecule has 0 saturated carbocycles. The van der Waals surface area contributed by atoms with Gasteiger partial charge in [-0.15, -0.1) is 0 Å². The zero-order valence-corrected chi connectivity index (χ0v) is 9.91. The Morgan fingerprint density at radius 3 is 1.95 bits per heavy atom. The maximum absolute atomic E-state index is 13.5. The fraction of sp³-hybridized carbons (Fsp3) is 0.0714. The van der Waals surface area contributed by atoms with Gasteiger partial charge in [-0.3, -0.25) is 0 Å². The topological polar surface area (TPSA) is 37.3 Å². The van der Waals surface area contributed by atoms with Crippen molar-refractivity contribution in [1.82, 2.24) is 0 Å². The molecule has 6 heteroatoms. The molecule has 0 aromatic heterocycles. The van der Waals surface area contributed by atoms with E-state index >= 15 is 0 Å². The molecule has 0 fully saturated rings. The van der Waals surface area contributed by atoms with Crippen molar-refractivity contribution in [2.24, 2.45) is 0 Å². The Bertz CT molecular complexity index is 645. The first-order valence-corrected chi connectivity index (χ1v) is 5.49. The summed E-state index contributed by atoms with van der Waals surface area (Å²) in [6.45, 7) is 0. The van der Waals surface area contributed by atoms with Crippen LogP contribution in [0.2, 0.25) is 0 Å². The number of carboxylic acid groups (broad SMARTS) is 1. The molecule has 0 heterocycles. The Hall–Kier alpha value is -2.37. The van der Waals surface area contributed by atoms with Crippen molar-refractivity contribution in [3.63, 3.8) is 0 Å². The van der Waals surface area contributed by atoms with E-state index in [4.69, 9.17) is 5.11 Å². The molecular weight excluding hydrogens is 276 g/mol. The van der Waals surface area contributed by atoms with Gasteiger partial charge in [0.05, 0.1) is 11.1 Å². The lowest BCUT2D eigenvalue weighted by molar-refractivity contribution is -0.137. The molecule has 0 spiro atoms. The van der Waals surface area contributed by atoms with Gasteiger partial charge in [0, 0.05) is 0 Å². The maximum Gasteiger partial charge on any atom is 0.416 e. The predicted molar refractivity (Wildman–Crippen MR) is 63.8 cm³/mol. The summed E-state index contributed by atoms with van der Waals surface area (Å²) < 4.78 is 50.7. The van der Waals surface area contributed by atoms with Gasteiger partial charge in [0.2, 0.25) is 0 Å².